The number of amides is 3. The molecule has 0 aromatic carbocycles. The van der Waals surface area contributed by atoms with Crippen LogP contribution >= 0.6 is 11.3 Å². The predicted octanol–water partition coefficient (Wildman–Crippen LogP) is 3.17. The van der Waals surface area contributed by atoms with E-state index in [0.717, 1.165) is 31.7 Å². The van der Waals surface area contributed by atoms with Crippen LogP contribution in [0.4, 0.5) is 4.79 Å². The summed E-state index contributed by atoms with van der Waals surface area (Å²) in [6.07, 6.45) is 7.42. The molecule has 3 aliphatic heterocycles. The van der Waals surface area contributed by atoms with Crippen molar-refractivity contribution < 1.29 is 9.59 Å². The maximum atomic E-state index is 13.4. The summed E-state index contributed by atoms with van der Waals surface area (Å²) >= 11 is 1.84. The van der Waals surface area contributed by atoms with E-state index in [1.807, 2.05) is 23.5 Å². The number of rotatable bonds is 6. The first-order chi connectivity index (χ1) is 15.5. The Bertz CT molecular complexity index is 964. The Morgan fingerprint density at radius 3 is 2.47 bits per heavy atom. The Hall–Kier alpha value is -2.29. The zero-order valence-corrected chi connectivity index (χ0v) is 19.5. The molecular formula is C24H31N5O2S. The minimum Gasteiger partial charge on any atom is -0.312 e. The highest BCUT2D eigenvalue weighted by Gasteiger charge is 2.56. The summed E-state index contributed by atoms with van der Waals surface area (Å²) in [5.74, 6) is -0.0578. The number of carbonyl (C=O) groups excluding carboxylic acids is 2. The molecule has 0 N–H and O–H groups in total. The predicted molar refractivity (Wildman–Crippen MR) is 124 cm³/mol. The molecule has 32 heavy (non-hydrogen) atoms. The number of likely N-dealkylation sites (N-methyl/N-ethyl adjacent to an activating group) is 1. The van der Waals surface area contributed by atoms with E-state index in [0.29, 0.717) is 12.8 Å². The summed E-state index contributed by atoms with van der Waals surface area (Å²) in [4.78, 5) is 39.8. The Labute approximate surface area is 193 Å². The van der Waals surface area contributed by atoms with Gasteiger partial charge in [0.2, 0.25) is 0 Å². The van der Waals surface area contributed by atoms with E-state index in [4.69, 9.17) is 0 Å². The average molecular weight is 454 g/mol. The molecule has 0 aliphatic carbocycles. The van der Waals surface area contributed by atoms with Crippen molar-refractivity contribution in [1.82, 2.24) is 24.6 Å². The Kier molecular flexibility index (Phi) is 6.01. The fraction of sp³-hybridized carbons (Fsp3) is 0.542. The van der Waals surface area contributed by atoms with Crippen molar-refractivity contribution in [2.45, 2.75) is 50.9 Å². The number of likely N-dealkylation sites (tertiary alicyclic amines) is 2. The number of thiophene rings is 1. The highest BCUT2D eigenvalue weighted by Crippen LogP contribution is 2.37. The lowest BCUT2D eigenvalue weighted by molar-refractivity contribution is -0.135. The molecule has 0 bridgehead atoms. The molecule has 170 valence electrons. The summed E-state index contributed by atoms with van der Waals surface area (Å²) in [6, 6.07) is 5.89. The SMILES string of the molecule is CN1C(=O)N(Cc2cccnc2)C(=O)C12CCN(Cc1cc(CN3CCCC3)cs1)CC2. The van der Waals surface area contributed by atoms with Crippen molar-refractivity contribution in [3.63, 3.8) is 0 Å². The third-order valence-electron chi connectivity index (χ3n) is 7.24. The van der Waals surface area contributed by atoms with Gasteiger partial charge in [-0.05, 0) is 67.4 Å². The van der Waals surface area contributed by atoms with Crippen LogP contribution < -0.4 is 0 Å². The molecule has 3 saturated heterocycles. The van der Waals surface area contributed by atoms with Gasteiger partial charge >= 0.3 is 6.03 Å². The lowest BCUT2D eigenvalue weighted by Gasteiger charge is -2.40. The number of piperidine rings is 1. The topological polar surface area (TPSA) is 60.0 Å². The van der Waals surface area contributed by atoms with Crippen molar-refractivity contribution in [3.05, 3.63) is 52.0 Å². The highest BCUT2D eigenvalue weighted by molar-refractivity contribution is 7.10. The number of nitrogens with zero attached hydrogens (tertiary/aromatic N) is 5. The molecule has 2 aromatic heterocycles. The third-order valence-corrected chi connectivity index (χ3v) is 8.21. The molecule has 0 saturated carbocycles. The lowest BCUT2D eigenvalue weighted by Crippen LogP contribution is -2.55. The van der Waals surface area contributed by atoms with Crippen LogP contribution in [-0.4, -0.2) is 75.3 Å². The van der Waals surface area contributed by atoms with E-state index in [1.54, 1.807) is 24.3 Å². The van der Waals surface area contributed by atoms with Crippen molar-refractivity contribution in [2.75, 3.05) is 33.2 Å². The molecule has 3 fully saturated rings. The first-order valence-corrected chi connectivity index (χ1v) is 12.4. The molecule has 3 aliphatic rings. The molecule has 1 spiro atoms. The highest BCUT2D eigenvalue weighted by atomic mass is 32.1. The van der Waals surface area contributed by atoms with Gasteiger partial charge in [0.15, 0.2) is 0 Å². The minimum atomic E-state index is -0.702. The molecular weight excluding hydrogens is 422 g/mol. The summed E-state index contributed by atoms with van der Waals surface area (Å²) in [6.45, 7) is 6.36. The zero-order valence-electron chi connectivity index (χ0n) is 18.7. The van der Waals surface area contributed by atoms with Gasteiger partial charge in [-0.15, -0.1) is 11.3 Å². The van der Waals surface area contributed by atoms with Crippen LogP contribution in [0.5, 0.6) is 0 Å². The van der Waals surface area contributed by atoms with Gasteiger partial charge in [0.25, 0.3) is 5.91 Å². The first-order valence-electron chi connectivity index (χ1n) is 11.5. The summed E-state index contributed by atoms with van der Waals surface area (Å²) in [7, 11) is 1.78. The van der Waals surface area contributed by atoms with E-state index in [9.17, 15) is 9.59 Å². The Morgan fingerprint density at radius 2 is 1.75 bits per heavy atom. The standard InChI is InChI=1S/C24H31N5O2S/c1-26-23(31)29(16-19-5-4-8-25-14-19)22(30)24(26)6-11-28(12-7-24)17-21-13-20(18-32-21)15-27-9-2-3-10-27/h4-5,8,13-14,18H,2-3,6-7,9-12,15-17H2,1H3. The Balaban J connectivity index is 1.19. The number of aromatic nitrogens is 1. The maximum Gasteiger partial charge on any atom is 0.327 e. The third kappa shape index (κ3) is 4.07. The van der Waals surface area contributed by atoms with E-state index < -0.39 is 5.54 Å². The van der Waals surface area contributed by atoms with Gasteiger partial charge in [-0.25, -0.2) is 4.79 Å². The first kappa shape index (κ1) is 21.6. The lowest BCUT2D eigenvalue weighted by atomic mass is 9.86. The van der Waals surface area contributed by atoms with Crippen LogP contribution in [0.1, 0.15) is 41.7 Å². The largest absolute Gasteiger partial charge is 0.327 e. The van der Waals surface area contributed by atoms with E-state index in [2.05, 4.69) is 26.2 Å². The second-order valence-electron chi connectivity index (χ2n) is 9.31. The van der Waals surface area contributed by atoms with Crippen molar-refractivity contribution in [3.8, 4) is 0 Å². The molecule has 0 atom stereocenters. The number of hydrogen-bond donors (Lipinski definition) is 0. The minimum absolute atomic E-state index is 0.0578. The fourth-order valence-electron chi connectivity index (χ4n) is 5.30. The zero-order chi connectivity index (χ0) is 22.1. The second kappa shape index (κ2) is 8.92. The van der Waals surface area contributed by atoms with Crippen molar-refractivity contribution >= 4 is 23.3 Å². The van der Waals surface area contributed by atoms with Gasteiger partial charge in [-0.3, -0.25) is 24.5 Å². The van der Waals surface area contributed by atoms with Gasteiger partial charge in [0.1, 0.15) is 5.54 Å². The van der Waals surface area contributed by atoms with Crippen LogP contribution in [0.15, 0.2) is 36.0 Å². The fourth-order valence-corrected chi connectivity index (χ4v) is 6.22. The normalized spacial score (nSPS) is 21.9. The van der Waals surface area contributed by atoms with Crippen molar-refractivity contribution in [1.29, 1.82) is 0 Å². The van der Waals surface area contributed by atoms with Crippen LogP contribution in [0.2, 0.25) is 0 Å². The number of urea groups is 1. The van der Waals surface area contributed by atoms with Gasteiger partial charge in [0, 0.05) is 50.5 Å². The van der Waals surface area contributed by atoms with Gasteiger partial charge in [0.05, 0.1) is 6.54 Å². The molecule has 8 heteroatoms. The summed E-state index contributed by atoms with van der Waals surface area (Å²) in [5.41, 5.74) is 1.59. The summed E-state index contributed by atoms with van der Waals surface area (Å²) in [5, 5.41) is 2.29. The number of carbonyl (C=O) groups is 2. The van der Waals surface area contributed by atoms with Crippen LogP contribution in [0.3, 0.4) is 0 Å². The molecule has 2 aromatic rings. The monoisotopic (exact) mass is 453 g/mol. The number of pyridine rings is 1. The van der Waals surface area contributed by atoms with Gasteiger partial charge in [-0.1, -0.05) is 6.07 Å². The average Bonchev–Trinajstić information content (AvgIpc) is 3.52. The molecule has 0 unspecified atom stereocenters. The van der Waals surface area contributed by atoms with Gasteiger partial charge in [-0.2, -0.15) is 0 Å². The van der Waals surface area contributed by atoms with Crippen LogP contribution in [0, 0.1) is 0 Å². The molecule has 7 nitrogen and oxygen atoms in total. The van der Waals surface area contributed by atoms with Crippen LogP contribution in [-0.2, 0) is 24.4 Å². The smallest absolute Gasteiger partial charge is 0.312 e. The van der Waals surface area contributed by atoms with E-state index >= 15 is 0 Å². The van der Waals surface area contributed by atoms with Crippen molar-refractivity contribution in [2.24, 2.45) is 0 Å². The Morgan fingerprint density at radius 1 is 1.00 bits per heavy atom. The molecule has 3 amide bonds. The quantitative estimate of drug-likeness (QED) is 0.629. The number of imide groups is 1. The van der Waals surface area contributed by atoms with Gasteiger partial charge < -0.3 is 4.90 Å². The molecule has 0 radical (unpaired) electrons. The van der Waals surface area contributed by atoms with E-state index in [-0.39, 0.29) is 18.5 Å². The maximum absolute atomic E-state index is 13.4. The summed E-state index contributed by atoms with van der Waals surface area (Å²) < 4.78 is 0. The molecule has 5 heterocycles. The number of hydrogen-bond acceptors (Lipinski definition) is 6. The second-order valence-corrected chi connectivity index (χ2v) is 10.3. The van der Waals surface area contributed by atoms with Crippen LogP contribution in [0.25, 0.3) is 0 Å². The molecule has 5 rings (SSSR count). The van der Waals surface area contributed by atoms with E-state index in [1.165, 1.54) is 41.3 Å².